The van der Waals surface area contributed by atoms with Gasteiger partial charge in [-0.25, -0.2) is 35.1 Å². The van der Waals surface area contributed by atoms with E-state index in [4.69, 9.17) is 0 Å². The highest BCUT2D eigenvalue weighted by Gasteiger charge is 2.98. The van der Waals surface area contributed by atoms with Crippen molar-refractivity contribution in [2.45, 2.75) is 237 Å². The molecule has 0 aromatic rings. The van der Waals surface area contributed by atoms with E-state index < -0.39 is 275 Å². The van der Waals surface area contributed by atoms with Crippen LogP contribution in [0.2, 0.25) is 0 Å². The minimum Gasteiger partial charge on any atom is -0.304 e. The van der Waals surface area contributed by atoms with Crippen molar-refractivity contribution in [3.05, 3.63) is 0 Å². The molecule has 0 fully saturated rings. The number of hydrogen-bond acceptors (Lipinski definition) is 8. The molecule has 0 aromatic heterocycles. The summed E-state index contributed by atoms with van der Waals surface area (Å²) in [6.45, 7) is -22.8. The van der Waals surface area contributed by atoms with Crippen LogP contribution in [-0.2, 0) is 22.6 Å². The topological polar surface area (TPSA) is 83.2 Å². The van der Waals surface area contributed by atoms with Crippen molar-refractivity contribution in [1.82, 2.24) is 0 Å². The summed E-state index contributed by atoms with van der Waals surface area (Å²) in [4.78, 5) is 0. The van der Waals surface area contributed by atoms with Gasteiger partial charge in [0.2, 0.25) is 0 Å². The highest BCUT2D eigenvalue weighted by molar-refractivity contribution is 7.74. The predicted octanol–water partition coefficient (Wildman–Crippen LogP) is 26.5. The van der Waals surface area contributed by atoms with Crippen LogP contribution >= 0.6 is 23.4 Å². The van der Waals surface area contributed by atoms with E-state index in [9.17, 15) is 189 Å². The van der Waals surface area contributed by atoms with Crippen LogP contribution in [0, 0.1) is 0 Å². The van der Waals surface area contributed by atoms with Gasteiger partial charge in [0.25, 0.3) is 0 Å². The van der Waals surface area contributed by atoms with Crippen LogP contribution < -0.4 is 0 Å². The fourth-order valence-corrected chi connectivity index (χ4v) is 15.6. The first kappa shape index (κ1) is 111. The summed E-state index contributed by atoms with van der Waals surface area (Å²) in [5.74, 6) is -236. The lowest BCUT2D eigenvalue weighted by atomic mass is 9.89. The van der Waals surface area contributed by atoms with Gasteiger partial charge in [0.1, 0.15) is 26.4 Å². The minimum atomic E-state index is -9.79. The van der Waals surface area contributed by atoms with Gasteiger partial charge >= 0.3 is 203 Å². The Morgan fingerprint density at radius 3 is 0.701 bits per heavy atom. The Hall–Kier alpha value is -3.91. The minimum absolute atomic E-state index is 0.158. The molecular formula is C45H34F61N3O5P3+. The van der Waals surface area contributed by atoms with E-state index in [-0.39, 0.29) is 25.7 Å². The van der Waals surface area contributed by atoms with E-state index >= 15 is 79.0 Å². The molecule has 0 spiro atoms. The molecule has 0 amide bonds. The summed E-state index contributed by atoms with van der Waals surface area (Å²) in [7, 11) is -23.1. The van der Waals surface area contributed by atoms with Gasteiger partial charge in [-0.3, -0.25) is 18.0 Å². The van der Waals surface area contributed by atoms with Gasteiger partial charge in [-0.2, -0.15) is 228 Å². The fourth-order valence-electron chi connectivity index (χ4n) is 7.63. The molecule has 2 atom stereocenters. The maximum Gasteiger partial charge on any atom is 0.547 e. The second kappa shape index (κ2) is 33.9. The molecule has 117 heavy (non-hydrogen) atoms. The Bertz CT molecular complexity index is 3360. The number of unbranched alkanes of at least 4 members (excludes halogenated alkanes) is 6. The molecule has 0 aromatic carbocycles. The predicted molar refractivity (Wildman–Crippen MR) is 258 cm³/mol. The SMILES string of the molecule is FCCCCCCCCCO[P+]1=NP(OCCCC(F)(F)C(F)(F)C(F)(F)C(F)(F)C(F)(F)C(F)F)(OCC(F)(F)C(F)(F)C(F)(F)C(F)(F)C(F)(F)C(F)(F)C(F)(F)C(F)F)=NP(OCC(F)(F)C(F)(F)C(F)(F)C(F)(F)C(F)(F)C(F)(F)C(F)(F)C(F)F)(OCC(F)(F)C(F)(F)C(F)(F)C(F)(F)C(F)(F)C(F)(F)C(F)(F)C(F)F)=N1. The number of rotatable bonds is 50. The monoisotopic (exact) mass is 1950 g/mol. The van der Waals surface area contributed by atoms with Gasteiger partial charge in [0.05, 0.1) is 13.3 Å². The normalized spacial score (nSPS) is 18.7. The van der Waals surface area contributed by atoms with Crippen molar-refractivity contribution >= 4 is 23.4 Å². The lowest BCUT2D eigenvalue weighted by Gasteiger charge is -2.43. The Labute approximate surface area is 604 Å². The second-order valence-corrected chi connectivity index (χ2v) is 29.0. The van der Waals surface area contributed by atoms with Crippen LogP contribution in [0.15, 0.2) is 13.5 Å². The standard InChI is InChI=1S/C45H34F61N3O5P3/c46-10-6-4-2-1-3-5-7-11-110-115-107-116(111-12-8-9-20(55,56)28(71,72)36(87,88)32(79,80)24(63,64)16(47)48,112-13-21(57,58)29(73,74)37(89,90)43(101,102)40(95,96)33(81,82)25(65,66)17(49)50)109-117(108-115,113-14-22(59,60)30(75,76)38(91,92)44(103,104)41(97,98)34(83,84)26(67,68)18(51)52)114-15-23(61,62)31(77,78)39(93,94)45(105,106)42(99,100)35(85,86)27(69,70)19(53)54/h16-19H,1-15H2/q+1. The van der Waals surface area contributed by atoms with Gasteiger partial charge in [-0.1, -0.05) is 32.1 Å². The maximum absolute atomic E-state index is 15.7. The van der Waals surface area contributed by atoms with E-state index in [1.807, 2.05) is 4.52 Å². The largest absolute Gasteiger partial charge is 0.547 e. The lowest BCUT2D eigenvalue weighted by Crippen LogP contribution is -2.74. The molecule has 0 radical (unpaired) electrons. The quantitative estimate of drug-likeness (QED) is 0.0344. The molecule has 1 heterocycles. The van der Waals surface area contributed by atoms with Crippen molar-refractivity contribution in [1.29, 1.82) is 0 Å². The average Bonchev–Trinajstić information content (AvgIpc) is 0.707. The average molecular weight is 1950 g/mol. The van der Waals surface area contributed by atoms with Crippen LogP contribution in [0.4, 0.5) is 268 Å². The highest BCUT2D eigenvalue weighted by atomic mass is 31.3. The Morgan fingerprint density at radius 2 is 0.444 bits per heavy atom. The molecule has 0 bridgehead atoms. The summed E-state index contributed by atoms with van der Waals surface area (Å²) >= 11 is 0. The van der Waals surface area contributed by atoms with Crippen molar-refractivity contribution < 1.29 is 290 Å². The third-order valence-corrected chi connectivity index (χ3v) is 22.0. The smallest absolute Gasteiger partial charge is 0.304 e. The summed E-state index contributed by atoms with van der Waals surface area (Å²) in [6, 6.07) is 0. The molecule has 700 valence electrons. The molecule has 2 unspecified atom stereocenters. The molecule has 0 N–H and O–H groups in total. The molecule has 72 heteroatoms. The number of halogens is 61. The molecule has 1 aliphatic rings. The van der Waals surface area contributed by atoms with Gasteiger partial charge in [-0.15, -0.1) is 9.04 Å². The third-order valence-electron chi connectivity index (χ3n) is 14.9. The van der Waals surface area contributed by atoms with Crippen LogP contribution in [0.5, 0.6) is 0 Å². The first-order valence-corrected chi connectivity index (χ1v) is 32.7. The van der Waals surface area contributed by atoms with Gasteiger partial charge in [-0.05, 0) is 19.3 Å². The van der Waals surface area contributed by atoms with Crippen molar-refractivity contribution in [3.63, 3.8) is 0 Å². The lowest BCUT2D eigenvalue weighted by molar-refractivity contribution is -0.447. The molecule has 8 nitrogen and oxygen atoms in total. The zero-order chi connectivity index (χ0) is 94.2. The van der Waals surface area contributed by atoms with Gasteiger partial charge < -0.3 is 4.52 Å². The van der Waals surface area contributed by atoms with E-state index in [0.29, 0.717) is 0 Å². The summed E-state index contributed by atoms with van der Waals surface area (Å²) in [5.41, 5.74) is 0. The molecular weight excluding hydrogens is 1910 g/mol. The van der Waals surface area contributed by atoms with E-state index in [1.165, 1.54) is 0 Å². The summed E-state index contributed by atoms with van der Waals surface area (Å²) in [6.07, 6.45) is -37.5. The molecule has 0 saturated heterocycles. The highest BCUT2D eigenvalue weighted by Crippen LogP contribution is 2.78. The van der Waals surface area contributed by atoms with Gasteiger partial charge in [0.15, 0.2) is 0 Å². The third kappa shape index (κ3) is 18.0. The second-order valence-electron chi connectivity index (χ2n) is 23.1. The van der Waals surface area contributed by atoms with E-state index in [0.717, 1.165) is 0 Å². The number of alkyl halides is 61. The first-order chi connectivity index (χ1) is 50.9. The number of nitrogens with zero attached hydrogens (tertiary/aromatic N) is 3. The van der Waals surface area contributed by atoms with Crippen molar-refractivity contribution in [3.8, 4) is 0 Å². The number of hydrogen-bond donors (Lipinski definition) is 0. The molecule has 1 aliphatic heterocycles. The van der Waals surface area contributed by atoms with Gasteiger partial charge in [0, 0.05) is 15.5 Å². The van der Waals surface area contributed by atoms with Crippen LogP contribution in [0.3, 0.4) is 0 Å². The Balaban J connectivity index is 5.35. The zero-order valence-electron chi connectivity index (χ0n) is 53.7. The van der Waals surface area contributed by atoms with Crippen molar-refractivity contribution in [2.24, 2.45) is 13.5 Å². The van der Waals surface area contributed by atoms with Crippen molar-refractivity contribution in [2.75, 3.05) is 39.7 Å². The van der Waals surface area contributed by atoms with E-state index in [1.54, 1.807) is 4.52 Å². The molecule has 0 aliphatic carbocycles. The van der Waals surface area contributed by atoms with Crippen LogP contribution in [-0.4, -0.2) is 219 Å². The zero-order valence-corrected chi connectivity index (χ0v) is 56.4. The Kier molecular flexibility index (Phi) is 32.2. The molecule has 0 saturated carbocycles. The Morgan fingerprint density at radius 1 is 0.231 bits per heavy atom. The maximum atomic E-state index is 15.7. The van der Waals surface area contributed by atoms with E-state index in [2.05, 4.69) is 27.1 Å². The summed E-state index contributed by atoms with van der Waals surface area (Å²) < 4.78 is 897. The van der Waals surface area contributed by atoms with Crippen LogP contribution in [0.1, 0.15) is 57.8 Å². The molecule has 1 rings (SSSR count). The summed E-state index contributed by atoms with van der Waals surface area (Å²) in [5, 5.41) is 0. The van der Waals surface area contributed by atoms with Crippen LogP contribution in [0.25, 0.3) is 0 Å². The first-order valence-electron chi connectivity index (χ1n) is 28.5. The fraction of sp³-hybridized carbons (Fsp3) is 1.00.